The molecule has 1 aliphatic carbocycles. The zero-order valence-corrected chi connectivity index (χ0v) is 13.0. The van der Waals surface area contributed by atoms with Crippen molar-refractivity contribution in [2.24, 2.45) is 5.92 Å². The first kappa shape index (κ1) is 14.6. The largest absolute Gasteiger partial charge is 0.0984 e. The molecule has 1 aromatic rings. The molecule has 0 radical (unpaired) electrons. The highest BCUT2D eigenvalue weighted by molar-refractivity contribution is 5.82. The third kappa shape index (κ3) is 2.56. The standard InChI is InChI=1S/C20H24/c1-6-8-9-18-16(5)20-13-11-14(3)10-12-19(20)15(4)17(18)7-2/h7-14H,2,6H2,1,3-5H3/b9-8-. The molecule has 104 valence electrons. The van der Waals surface area contributed by atoms with Gasteiger partial charge in [0.2, 0.25) is 0 Å². The highest BCUT2D eigenvalue weighted by Gasteiger charge is 2.15. The number of rotatable bonds is 3. The molecule has 0 bridgehead atoms. The van der Waals surface area contributed by atoms with Crippen LogP contribution in [0.15, 0.2) is 24.8 Å². The van der Waals surface area contributed by atoms with Gasteiger partial charge in [-0.05, 0) is 59.6 Å². The summed E-state index contributed by atoms with van der Waals surface area (Å²) in [5.74, 6) is 0.489. The fraction of sp³-hybridized carbons (Fsp3) is 0.300. The summed E-state index contributed by atoms with van der Waals surface area (Å²) in [4.78, 5) is 0. The molecule has 0 heteroatoms. The van der Waals surface area contributed by atoms with E-state index in [4.69, 9.17) is 0 Å². The van der Waals surface area contributed by atoms with Crippen LogP contribution in [0.25, 0.3) is 24.3 Å². The van der Waals surface area contributed by atoms with Crippen molar-refractivity contribution >= 4 is 24.3 Å². The number of benzene rings is 1. The van der Waals surface area contributed by atoms with Gasteiger partial charge in [0.25, 0.3) is 0 Å². The van der Waals surface area contributed by atoms with Crippen LogP contribution in [0.5, 0.6) is 0 Å². The van der Waals surface area contributed by atoms with Gasteiger partial charge in [0.05, 0.1) is 0 Å². The summed E-state index contributed by atoms with van der Waals surface area (Å²) in [7, 11) is 0. The Labute approximate surface area is 123 Å². The Morgan fingerprint density at radius 1 is 1.05 bits per heavy atom. The van der Waals surface area contributed by atoms with Crippen molar-refractivity contribution in [1.29, 1.82) is 0 Å². The lowest BCUT2D eigenvalue weighted by Gasteiger charge is -2.17. The number of hydrogen-bond acceptors (Lipinski definition) is 0. The predicted molar refractivity (Wildman–Crippen MR) is 92.6 cm³/mol. The molecule has 0 N–H and O–H groups in total. The van der Waals surface area contributed by atoms with Gasteiger partial charge in [-0.25, -0.2) is 0 Å². The summed E-state index contributed by atoms with van der Waals surface area (Å²) in [6.45, 7) is 12.8. The van der Waals surface area contributed by atoms with Crippen LogP contribution in [0.1, 0.15) is 53.6 Å². The average Bonchev–Trinajstić information content (AvgIpc) is 2.63. The van der Waals surface area contributed by atoms with E-state index in [0.29, 0.717) is 5.92 Å². The van der Waals surface area contributed by atoms with E-state index in [2.05, 4.69) is 70.7 Å². The monoisotopic (exact) mass is 264 g/mol. The normalized spacial score (nSPS) is 17.3. The van der Waals surface area contributed by atoms with Gasteiger partial charge < -0.3 is 0 Å². The molecule has 0 fully saturated rings. The van der Waals surface area contributed by atoms with Crippen molar-refractivity contribution < 1.29 is 0 Å². The zero-order valence-electron chi connectivity index (χ0n) is 13.0. The van der Waals surface area contributed by atoms with Crippen LogP contribution in [0.4, 0.5) is 0 Å². The van der Waals surface area contributed by atoms with E-state index >= 15 is 0 Å². The molecular formula is C20H24. The Morgan fingerprint density at radius 2 is 1.60 bits per heavy atom. The van der Waals surface area contributed by atoms with Gasteiger partial charge in [-0.1, -0.05) is 63.0 Å². The van der Waals surface area contributed by atoms with E-state index in [-0.39, 0.29) is 0 Å². The Kier molecular flexibility index (Phi) is 4.44. The maximum atomic E-state index is 4.01. The van der Waals surface area contributed by atoms with E-state index in [1.807, 2.05) is 6.08 Å². The van der Waals surface area contributed by atoms with Crippen molar-refractivity contribution in [1.82, 2.24) is 0 Å². The number of hydrogen-bond donors (Lipinski definition) is 0. The maximum absolute atomic E-state index is 4.01. The SMILES string of the molecule is C=Cc1c(C)c2c(c(C)c1/C=C\CC)C=CC(C)C=C2. The summed E-state index contributed by atoms with van der Waals surface area (Å²) in [6, 6.07) is 0. The lowest BCUT2D eigenvalue weighted by Crippen LogP contribution is -1.99. The summed E-state index contributed by atoms with van der Waals surface area (Å²) < 4.78 is 0. The van der Waals surface area contributed by atoms with Gasteiger partial charge >= 0.3 is 0 Å². The number of fused-ring (bicyclic) bond motifs is 1. The summed E-state index contributed by atoms with van der Waals surface area (Å²) in [5.41, 5.74) is 7.94. The smallest absolute Gasteiger partial charge is 0.00752 e. The van der Waals surface area contributed by atoms with Gasteiger partial charge in [-0.3, -0.25) is 0 Å². The second kappa shape index (κ2) is 6.09. The molecule has 0 nitrogen and oxygen atoms in total. The minimum Gasteiger partial charge on any atom is -0.0984 e. The summed E-state index contributed by atoms with van der Waals surface area (Å²) in [5, 5.41) is 0. The van der Waals surface area contributed by atoms with Crippen molar-refractivity contribution in [3.8, 4) is 0 Å². The first-order chi connectivity index (χ1) is 9.60. The fourth-order valence-electron chi connectivity index (χ4n) is 2.80. The minimum absolute atomic E-state index is 0.489. The Hall–Kier alpha value is -1.82. The molecule has 1 unspecified atom stereocenters. The molecule has 0 heterocycles. The first-order valence-electron chi connectivity index (χ1n) is 7.42. The maximum Gasteiger partial charge on any atom is -0.00752 e. The second-order valence-corrected chi connectivity index (χ2v) is 5.50. The Bertz CT molecular complexity index is 606. The van der Waals surface area contributed by atoms with E-state index in [1.165, 1.54) is 33.4 Å². The highest BCUT2D eigenvalue weighted by atomic mass is 14.2. The summed E-state index contributed by atoms with van der Waals surface area (Å²) >= 11 is 0. The molecule has 0 amide bonds. The Balaban J connectivity index is 2.78. The van der Waals surface area contributed by atoms with Crippen LogP contribution < -0.4 is 0 Å². The topological polar surface area (TPSA) is 0 Å². The minimum atomic E-state index is 0.489. The molecule has 0 aliphatic heterocycles. The second-order valence-electron chi connectivity index (χ2n) is 5.50. The van der Waals surface area contributed by atoms with Gasteiger partial charge in [-0.2, -0.15) is 0 Å². The van der Waals surface area contributed by atoms with Crippen LogP contribution in [0, 0.1) is 19.8 Å². The van der Waals surface area contributed by atoms with Crippen molar-refractivity contribution in [2.45, 2.75) is 34.1 Å². The van der Waals surface area contributed by atoms with Crippen molar-refractivity contribution in [3.63, 3.8) is 0 Å². The molecule has 1 aromatic carbocycles. The summed E-state index contributed by atoms with van der Waals surface area (Å²) in [6.07, 6.45) is 16.6. The molecule has 0 aromatic heterocycles. The molecule has 1 aliphatic rings. The molecule has 20 heavy (non-hydrogen) atoms. The fourth-order valence-corrected chi connectivity index (χ4v) is 2.80. The van der Waals surface area contributed by atoms with Gasteiger partial charge in [0.15, 0.2) is 0 Å². The van der Waals surface area contributed by atoms with Crippen LogP contribution in [0.2, 0.25) is 0 Å². The average molecular weight is 264 g/mol. The quantitative estimate of drug-likeness (QED) is 0.623. The van der Waals surface area contributed by atoms with Crippen LogP contribution in [0.3, 0.4) is 0 Å². The van der Waals surface area contributed by atoms with E-state index in [1.54, 1.807) is 0 Å². The zero-order chi connectivity index (χ0) is 14.7. The Morgan fingerprint density at radius 3 is 2.10 bits per heavy atom. The van der Waals surface area contributed by atoms with Crippen LogP contribution in [-0.4, -0.2) is 0 Å². The molecule has 1 atom stereocenters. The lowest BCUT2D eigenvalue weighted by atomic mass is 9.87. The van der Waals surface area contributed by atoms with Gasteiger partial charge in [0.1, 0.15) is 0 Å². The van der Waals surface area contributed by atoms with E-state index < -0.39 is 0 Å². The third-order valence-electron chi connectivity index (χ3n) is 4.05. The van der Waals surface area contributed by atoms with Gasteiger partial charge in [-0.15, -0.1) is 0 Å². The van der Waals surface area contributed by atoms with E-state index in [0.717, 1.165) is 6.42 Å². The first-order valence-corrected chi connectivity index (χ1v) is 7.42. The molecule has 2 rings (SSSR count). The molecular weight excluding hydrogens is 240 g/mol. The predicted octanol–water partition coefficient (Wildman–Crippen LogP) is 6.05. The van der Waals surface area contributed by atoms with Crippen molar-refractivity contribution in [3.05, 3.63) is 58.2 Å². The van der Waals surface area contributed by atoms with Crippen LogP contribution >= 0.6 is 0 Å². The molecule has 0 saturated heterocycles. The van der Waals surface area contributed by atoms with Gasteiger partial charge in [0, 0.05) is 0 Å². The number of allylic oxidation sites excluding steroid dienone is 3. The van der Waals surface area contributed by atoms with Crippen LogP contribution in [-0.2, 0) is 0 Å². The third-order valence-corrected chi connectivity index (χ3v) is 4.05. The van der Waals surface area contributed by atoms with Crippen molar-refractivity contribution in [2.75, 3.05) is 0 Å². The lowest BCUT2D eigenvalue weighted by molar-refractivity contribution is 0.954. The highest BCUT2D eigenvalue weighted by Crippen LogP contribution is 2.33. The molecule has 0 saturated carbocycles. The van der Waals surface area contributed by atoms with E-state index in [9.17, 15) is 0 Å². The molecule has 0 spiro atoms.